The SMILES string of the molecule is O=CC1CCC(n2cc3cc(NC(=O)c4cncc(C(F)(F)F)n4)ccc3n2)CC1. The van der Waals surface area contributed by atoms with Gasteiger partial charge in [0.2, 0.25) is 0 Å². The van der Waals surface area contributed by atoms with Gasteiger partial charge in [0.15, 0.2) is 5.69 Å². The average Bonchev–Trinajstić information content (AvgIpc) is 3.16. The highest BCUT2D eigenvalue weighted by Gasteiger charge is 2.33. The van der Waals surface area contributed by atoms with Gasteiger partial charge in [0, 0.05) is 23.2 Å². The van der Waals surface area contributed by atoms with Crippen molar-refractivity contribution in [2.24, 2.45) is 5.92 Å². The molecule has 1 aliphatic carbocycles. The first kappa shape index (κ1) is 20.0. The van der Waals surface area contributed by atoms with E-state index < -0.39 is 23.5 Å². The molecule has 0 unspecified atom stereocenters. The van der Waals surface area contributed by atoms with E-state index in [9.17, 15) is 22.8 Å². The van der Waals surface area contributed by atoms with Gasteiger partial charge < -0.3 is 10.1 Å². The molecule has 30 heavy (non-hydrogen) atoms. The summed E-state index contributed by atoms with van der Waals surface area (Å²) in [5.41, 5.74) is -0.496. The van der Waals surface area contributed by atoms with Crippen molar-refractivity contribution in [3.05, 3.63) is 48.2 Å². The Morgan fingerprint density at radius 3 is 2.63 bits per heavy atom. The minimum atomic E-state index is -4.68. The topological polar surface area (TPSA) is 89.8 Å². The molecular weight excluding hydrogens is 399 g/mol. The second-order valence-corrected chi connectivity index (χ2v) is 7.33. The van der Waals surface area contributed by atoms with Gasteiger partial charge in [-0.1, -0.05) is 0 Å². The van der Waals surface area contributed by atoms with Gasteiger partial charge >= 0.3 is 6.18 Å². The number of aldehydes is 1. The van der Waals surface area contributed by atoms with Gasteiger partial charge in [-0.3, -0.25) is 14.5 Å². The predicted molar refractivity (Wildman–Crippen MR) is 102 cm³/mol. The Morgan fingerprint density at radius 1 is 1.17 bits per heavy atom. The Balaban J connectivity index is 1.50. The van der Waals surface area contributed by atoms with E-state index in [-0.39, 0.29) is 12.0 Å². The van der Waals surface area contributed by atoms with Crippen LogP contribution in [0.4, 0.5) is 18.9 Å². The van der Waals surface area contributed by atoms with Crippen LogP contribution < -0.4 is 5.32 Å². The number of hydrogen-bond acceptors (Lipinski definition) is 5. The predicted octanol–water partition coefficient (Wildman–Crippen LogP) is 4.03. The van der Waals surface area contributed by atoms with Gasteiger partial charge in [-0.2, -0.15) is 18.3 Å². The molecule has 1 saturated carbocycles. The first-order valence-electron chi connectivity index (χ1n) is 9.48. The van der Waals surface area contributed by atoms with E-state index in [2.05, 4.69) is 20.4 Å². The van der Waals surface area contributed by atoms with E-state index in [4.69, 9.17) is 0 Å². The number of rotatable bonds is 4. The van der Waals surface area contributed by atoms with Gasteiger partial charge in [-0.05, 0) is 43.9 Å². The van der Waals surface area contributed by atoms with Crippen molar-refractivity contribution in [3.8, 4) is 0 Å². The molecule has 0 radical (unpaired) electrons. The lowest BCUT2D eigenvalue weighted by Gasteiger charge is -2.25. The van der Waals surface area contributed by atoms with Crippen LogP contribution in [0.2, 0.25) is 0 Å². The third kappa shape index (κ3) is 4.17. The first-order chi connectivity index (χ1) is 14.3. The maximum absolute atomic E-state index is 12.8. The number of nitrogens with zero attached hydrogens (tertiary/aromatic N) is 4. The quantitative estimate of drug-likeness (QED) is 0.648. The Labute approximate surface area is 169 Å². The number of aromatic nitrogens is 4. The van der Waals surface area contributed by atoms with Crippen LogP contribution in [0.5, 0.6) is 0 Å². The van der Waals surface area contributed by atoms with E-state index in [1.807, 2.05) is 10.9 Å². The monoisotopic (exact) mass is 417 g/mol. The highest BCUT2D eigenvalue weighted by molar-refractivity contribution is 6.03. The van der Waals surface area contributed by atoms with Gasteiger partial charge in [0.1, 0.15) is 12.0 Å². The van der Waals surface area contributed by atoms with Crippen LogP contribution in [0.15, 0.2) is 36.8 Å². The van der Waals surface area contributed by atoms with Crippen molar-refractivity contribution >= 4 is 28.8 Å². The van der Waals surface area contributed by atoms with Crippen molar-refractivity contribution in [1.29, 1.82) is 0 Å². The highest BCUT2D eigenvalue weighted by atomic mass is 19.4. The summed E-state index contributed by atoms with van der Waals surface area (Å²) in [7, 11) is 0. The lowest BCUT2D eigenvalue weighted by molar-refractivity contribution is -0.141. The van der Waals surface area contributed by atoms with E-state index in [0.29, 0.717) is 11.9 Å². The van der Waals surface area contributed by atoms with Crippen LogP contribution in [-0.2, 0) is 11.0 Å². The zero-order valence-corrected chi connectivity index (χ0v) is 15.8. The molecule has 0 bridgehead atoms. The van der Waals surface area contributed by atoms with E-state index in [1.165, 1.54) is 0 Å². The van der Waals surface area contributed by atoms with Crippen LogP contribution in [0.25, 0.3) is 10.9 Å². The molecule has 3 aromatic rings. The minimum absolute atomic E-state index is 0.118. The third-order valence-electron chi connectivity index (χ3n) is 5.25. The van der Waals surface area contributed by atoms with Crippen molar-refractivity contribution in [1.82, 2.24) is 19.7 Å². The number of halogens is 3. The van der Waals surface area contributed by atoms with Gasteiger partial charge in [-0.15, -0.1) is 0 Å². The second-order valence-electron chi connectivity index (χ2n) is 7.33. The third-order valence-corrected chi connectivity index (χ3v) is 5.25. The molecule has 1 amide bonds. The fourth-order valence-corrected chi connectivity index (χ4v) is 3.62. The molecule has 10 heteroatoms. The van der Waals surface area contributed by atoms with Crippen LogP contribution in [0.3, 0.4) is 0 Å². The van der Waals surface area contributed by atoms with E-state index in [0.717, 1.165) is 49.1 Å². The molecule has 156 valence electrons. The van der Waals surface area contributed by atoms with Crippen LogP contribution in [0.1, 0.15) is 47.9 Å². The molecule has 2 aromatic heterocycles. The number of amides is 1. The van der Waals surface area contributed by atoms with E-state index >= 15 is 0 Å². The normalized spacial score (nSPS) is 19.6. The highest BCUT2D eigenvalue weighted by Crippen LogP contribution is 2.32. The van der Waals surface area contributed by atoms with Gasteiger partial charge in [0.05, 0.1) is 24.0 Å². The molecular formula is C20H18F3N5O2. The lowest BCUT2D eigenvalue weighted by Crippen LogP contribution is -2.19. The van der Waals surface area contributed by atoms with Gasteiger partial charge in [-0.25, -0.2) is 4.98 Å². The van der Waals surface area contributed by atoms with Crippen LogP contribution in [-0.4, -0.2) is 31.9 Å². The summed E-state index contributed by atoms with van der Waals surface area (Å²) >= 11 is 0. The summed E-state index contributed by atoms with van der Waals surface area (Å²) in [6.07, 6.45) is 3.18. The van der Waals surface area contributed by atoms with Crippen molar-refractivity contribution in [2.45, 2.75) is 37.9 Å². The molecule has 1 aromatic carbocycles. The fraction of sp³-hybridized carbons (Fsp3) is 0.350. The summed E-state index contributed by atoms with van der Waals surface area (Å²) in [6.45, 7) is 0. The summed E-state index contributed by atoms with van der Waals surface area (Å²) in [6, 6.07) is 5.28. The average molecular weight is 417 g/mol. The summed E-state index contributed by atoms with van der Waals surface area (Å²) in [4.78, 5) is 30.0. The summed E-state index contributed by atoms with van der Waals surface area (Å²) in [5.74, 6) is -0.667. The smallest absolute Gasteiger partial charge is 0.321 e. The first-order valence-corrected chi connectivity index (χ1v) is 9.48. The second kappa shape index (κ2) is 7.85. The minimum Gasteiger partial charge on any atom is -0.321 e. The Kier molecular flexibility index (Phi) is 5.23. The molecule has 0 saturated heterocycles. The lowest BCUT2D eigenvalue weighted by atomic mass is 9.87. The summed E-state index contributed by atoms with van der Waals surface area (Å²) in [5, 5.41) is 7.91. The number of benzene rings is 1. The molecule has 1 fully saturated rings. The Hall–Kier alpha value is -3.30. The standard InChI is InChI=1S/C20H18F3N5O2/c21-20(22,23)18-9-24-8-17(26-18)19(30)25-14-3-6-16-13(7-14)10-28(27-16)15-4-1-12(11-29)2-5-15/h3,6-12,15H,1-2,4-5H2,(H,25,30). The molecule has 4 rings (SSSR count). The molecule has 1 aliphatic rings. The number of fused-ring (bicyclic) bond motifs is 1. The number of anilines is 1. The molecule has 1 N–H and O–H groups in total. The zero-order chi connectivity index (χ0) is 21.3. The van der Waals surface area contributed by atoms with Crippen LogP contribution >= 0.6 is 0 Å². The van der Waals surface area contributed by atoms with Crippen molar-refractivity contribution in [2.75, 3.05) is 5.32 Å². The number of nitrogens with one attached hydrogen (secondary N) is 1. The number of hydrogen-bond donors (Lipinski definition) is 1. The van der Waals surface area contributed by atoms with E-state index in [1.54, 1.807) is 18.2 Å². The molecule has 2 heterocycles. The van der Waals surface area contributed by atoms with Crippen LogP contribution in [0, 0.1) is 5.92 Å². The molecule has 0 spiro atoms. The zero-order valence-electron chi connectivity index (χ0n) is 15.8. The Bertz CT molecular complexity index is 1090. The number of carbonyl (C=O) groups is 2. The molecule has 0 aliphatic heterocycles. The maximum Gasteiger partial charge on any atom is 0.434 e. The van der Waals surface area contributed by atoms with Crippen molar-refractivity contribution in [3.63, 3.8) is 0 Å². The summed E-state index contributed by atoms with van der Waals surface area (Å²) < 4.78 is 40.2. The van der Waals surface area contributed by atoms with Crippen molar-refractivity contribution < 1.29 is 22.8 Å². The molecule has 7 nitrogen and oxygen atoms in total. The Morgan fingerprint density at radius 2 is 1.93 bits per heavy atom. The number of carbonyl (C=O) groups excluding carboxylic acids is 2. The molecule has 0 atom stereocenters. The fourth-order valence-electron chi connectivity index (χ4n) is 3.62. The largest absolute Gasteiger partial charge is 0.434 e. The maximum atomic E-state index is 12.8. The number of alkyl halides is 3. The van der Waals surface area contributed by atoms with Gasteiger partial charge in [0.25, 0.3) is 5.91 Å².